The number of esters is 2. The first-order valence-electron chi connectivity index (χ1n) is 10.5. The highest BCUT2D eigenvalue weighted by Gasteiger charge is 2.83. The Kier molecular flexibility index (Phi) is 12.0. The number of carbonyl (C=O) groups is 2. The van der Waals surface area contributed by atoms with Gasteiger partial charge in [0.15, 0.2) is 4.33 Å². The SMILES string of the molecule is CCOC(=O)CC(SP(=S)(OC)OC)C(=O)OCC.ClC1=C(Cl)C2(Cl)C3C(Cl)C=CC3C1(Cl)C2(Cl)Cl. The molecule has 0 spiro atoms. The molecule has 0 N–H and O–H groups in total. The molecule has 2 bridgehead atoms. The number of ether oxygens (including phenoxy) is 2. The van der Waals surface area contributed by atoms with Crippen molar-refractivity contribution in [2.75, 3.05) is 27.4 Å². The molecule has 0 aromatic heterocycles. The van der Waals surface area contributed by atoms with Gasteiger partial charge in [-0.3, -0.25) is 9.59 Å². The minimum atomic E-state index is -2.65. The second-order valence-corrected chi connectivity index (χ2v) is 18.1. The minimum absolute atomic E-state index is 0.123. The normalized spacial score (nSPS) is 32.6. The zero-order chi connectivity index (χ0) is 27.7. The fraction of sp³-hybridized carbons (Fsp3) is 0.700. The molecule has 6 nitrogen and oxygen atoms in total. The molecule has 3 aliphatic rings. The Morgan fingerprint density at radius 1 is 1.03 bits per heavy atom. The minimum Gasteiger partial charge on any atom is -0.466 e. The maximum absolute atomic E-state index is 11.8. The van der Waals surface area contributed by atoms with Crippen molar-refractivity contribution in [1.82, 2.24) is 0 Å². The summed E-state index contributed by atoms with van der Waals surface area (Å²) in [5, 5.41) is -0.674. The lowest BCUT2D eigenvalue weighted by molar-refractivity contribution is -0.149. The van der Waals surface area contributed by atoms with Crippen LogP contribution in [-0.2, 0) is 39.9 Å². The lowest BCUT2D eigenvalue weighted by Crippen LogP contribution is -2.45. The largest absolute Gasteiger partial charge is 0.466 e. The molecule has 0 heterocycles. The molecule has 6 atom stereocenters. The van der Waals surface area contributed by atoms with Crippen LogP contribution >= 0.6 is 98.3 Å². The van der Waals surface area contributed by atoms with Crippen molar-refractivity contribution in [1.29, 1.82) is 0 Å². The van der Waals surface area contributed by atoms with Gasteiger partial charge in [0.05, 0.1) is 35.1 Å². The Hall–Kier alpha value is 1.37. The van der Waals surface area contributed by atoms with Crippen LogP contribution in [0, 0.1) is 11.8 Å². The van der Waals surface area contributed by atoms with Crippen LogP contribution in [0.1, 0.15) is 20.3 Å². The first-order chi connectivity index (χ1) is 16.6. The molecular formula is C20H24Cl7O6PS2. The predicted octanol–water partition coefficient (Wildman–Crippen LogP) is 7.36. The van der Waals surface area contributed by atoms with Gasteiger partial charge >= 0.3 is 11.9 Å². The summed E-state index contributed by atoms with van der Waals surface area (Å²) in [6.45, 7) is 3.86. The number of carbonyl (C=O) groups excluding carboxylic acids is 2. The molecule has 36 heavy (non-hydrogen) atoms. The molecule has 0 aromatic rings. The van der Waals surface area contributed by atoms with Gasteiger partial charge in [0, 0.05) is 26.1 Å². The second kappa shape index (κ2) is 12.9. The van der Waals surface area contributed by atoms with Gasteiger partial charge in [-0.05, 0) is 25.7 Å². The van der Waals surface area contributed by atoms with E-state index in [2.05, 4.69) is 0 Å². The zero-order valence-corrected chi connectivity index (χ0v) is 27.3. The van der Waals surface area contributed by atoms with Crippen molar-refractivity contribution >= 4 is 122 Å². The molecule has 0 aromatic carbocycles. The Morgan fingerprint density at radius 3 is 2.06 bits per heavy atom. The van der Waals surface area contributed by atoms with Gasteiger partial charge in [0.25, 0.3) is 0 Å². The molecule has 16 heteroatoms. The van der Waals surface area contributed by atoms with Crippen LogP contribution in [0.15, 0.2) is 22.2 Å². The van der Waals surface area contributed by atoms with Crippen molar-refractivity contribution in [3.8, 4) is 0 Å². The van der Waals surface area contributed by atoms with Gasteiger partial charge in [0.2, 0.25) is 5.69 Å². The van der Waals surface area contributed by atoms with Gasteiger partial charge in [0.1, 0.15) is 15.0 Å². The van der Waals surface area contributed by atoms with E-state index in [9.17, 15) is 9.59 Å². The van der Waals surface area contributed by atoms with E-state index in [1.165, 1.54) is 14.2 Å². The lowest BCUT2D eigenvalue weighted by atomic mass is 9.84. The van der Waals surface area contributed by atoms with Crippen molar-refractivity contribution in [2.45, 2.75) is 45.0 Å². The molecule has 0 radical (unpaired) electrons. The summed E-state index contributed by atoms with van der Waals surface area (Å²) in [4.78, 5) is 20.8. The maximum atomic E-state index is 11.8. The first kappa shape index (κ1) is 33.6. The van der Waals surface area contributed by atoms with Crippen LogP contribution in [0.4, 0.5) is 0 Å². The highest BCUT2D eigenvalue weighted by molar-refractivity contribution is 8.68. The fourth-order valence-electron chi connectivity index (χ4n) is 4.17. The highest BCUT2D eigenvalue weighted by atomic mass is 35.5. The number of fused-ring (bicyclic) bond motifs is 5. The number of alkyl halides is 5. The molecule has 0 amide bonds. The number of halogens is 7. The van der Waals surface area contributed by atoms with Gasteiger partial charge < -0.3 is 18.5 Å². The number of hydrogen-bond acceptors (Lipinski definition) is 8. The Labute approximate surface area is 254 Å². The molecule has 6 unspecified atom stereocenters. The number of hydrogen-bond donors (Lipinski definition) is 0. The summed E-state index contributed by atoms with van der Waals surface area (Å²) in [6.07, 6.45) is 3.57. The molecule has 3 aliphatic carbocycles. The van der Waals surface area contributed by atoms with Crippen LogP contribution in [0.25, 0.3) is 0 Å². The Balaban J connectivity index is 0.000000254. The molecule has 3 rings (SSSR count). The average molecular weight is 704 g/mol. The van der Waals surface area contributed by atoms with Gasteiger partial charge in [-0.15, -0.1) is 34.8 Å². The Bertz CT molecular complexity index is 974. The van der Waals surface area contributed by atoms with E-state index in [0.29, 0.717) is 0 Å². The second-order valence-electron chi connectivity index (χ2n) is 7.67. The van der Waals surface area contributed by atoms with E-state index in [0.717, 1.165) is 11.4 Å². The summed E-state index contributed by atoms with van der Waals surface area (Å²) in [6, 6.07) is 0. The summed E-state index contributed by atoms with van der Waals surface area (Å²) < 4.78 is 18.4. The predicted molar refractivity (Wildman–Crippen MR) is 154 cm³/mol. The average Bonchev–Trinajstić information content (AvgIpc) is 3.31. The fourth-order valence-corrected chi connectivity index (χ4v) is 11.5. The van der Waals surface area contributed by atoms with Crippen LogP contribution in [0.3, 0.4) is 0 Å². The van der Waals surface area contributed by atoms with Gasteiger partial charge in [-0.1, -0.05) is 69.9 Å². The van der Waals surface area contributed by atoms with Crippen LogP contribution in [-0.4, -0.2) is 64.1 Å². The first-order valence-corrected chi connectivity index (χ1v) is 17.3. The van der Waals surface area contributed by atoms with E-state index < -0.39 is 37.0 Å². The van der Waals surface area contributed by atoms with Crippen LogP contribution in [0.5, 0.6) is 0 Å². The standard InChI is InChI=1S/C10H5Cl7.C10H19O6PS2/c11-4-2-1-3-5(4)9(15)7(13)6(12)8(3,14)10(9,16)17;1-5-15-9(11)7-8(10(12)16-6-2)19-17(18,13-3)14-4/h1-5H;8H,5-7H2,1-4H3. The van der Waals surface area contributed by atoms with Crippen molar-refractivity contribution in [2.24, 2.45) is 11.8 Å². The monoisotopic (exact) mass is 700 g/mol. The Morgan fingerprint density at radius 2 is 1.56 bits per heavy atom. The van der Waals surface area contributed by atoms with Crippen LogP contribution in [0.2, 0.25) is 0 Å². The molecular weight excluding hydrogens is 679 g/mol. The molecule has 1 fully saturated rings. The van der Waals surface area contributed by atoms with E-state index in [-0.39, 0.29) is 46.9 Å². The van der Waals surface area contributed by atoms with E-state index in [1.54, 1.807) is 13.8 Å². The van der Waals surface area contributed by atoms with Gasteiger partial charge in [-0.25, -0.2) is 0 Å². The highest BCUT2D eigenvalue weighted by Crippen LogP contribution is 2.78. The summed E-state index contributed by atoms with van der Waals surface area (Å²) in [5.41, 5.74) is -2.65. The molecule has 1 saturated carbocycles. The zero-order valence-electron chi connectivity index (χ0n) is 19.4. The van der Waals surface area contributed by atoms with Crippen LogP contribution < -0.4 is 0 Å². The molecule has 206 valence electrons. The van der Waals surface area contributed by atoms with Crippen molar-refractivity contribution < 1.29 is 28.1 Å². The van der Waals surface area contributed by atoms with Gasteiger partial charge in [-0.2, -0.15) is 0 Å². The smallest absolute Gasteiger partial charge is 0.320 e. The third-order valence-electron chi connectivity index (χ3n) is 5.81. The third-order valence-corrected chi connectivity index (χ3v) is 16.4. The van der Waals surface area contributed by atoms with E-state index >= 15 is 0 Å². The molecule has 0 saturated heterocycles. The topological polar surface area (TPSA) is 71.1 Å². The summed E-state index contributed by atoms with van der Waals surface area (Å²) in [5.74, 6) is -1.48. The van der Waals surface area contributed by atoms with Crippen molar-refractivity contribution in [3.05, 3.63) is 22.2 Å². The summed E-state index contributed by atoms with van der Waals surface area (Å²) in [7, 11) is 2.81. The summed E-state index contributed by atoms with van der Waals surface area (Å²) >= 11 is 50.6. The number of rotatable bonds is 9. The maximum Gasteiger partial charge on any atom is 0.320 e. The lowest BCUT2D eigenvalue weighted by Gasteiger charge is -2.34. The van der Waals surface area contributed by atoms with E-state index in [4.69, 9.17) is 112 Å². The van der Waals surface area contributed by atoms with Crippen molar-refractivity contribution in [3.63, 3.8) is 0 Å². The number of allylic oxidation sites excluding steroid dienone is 4. The molecule has 0 aliphatic heterocycles. The quantitative estimate of drug-likeness (QED) is 0.107. The van der Waals surface area contributed by atoms with E-state index in [1.807, 2.05) is 12.2 Å². The third kappa shape index (κ3) is 5.73.